The second kappa shape index (κ2) is 10.5. The van der Waals surface area contributed by atoms with Crippen molar-refractivity contribution < 1.29 is 22.7 Å². The van der Waals surface area contributed by atoms with Crippen LogP contribution in [0.3, 0.4) is 0 Å². The summed E-state index contributed by atoms with van der Waals surface area (Å²) in [6, 6.07) is 17.1. The van der Waals surface area contributed by atoms with E-state index in [1.54, 1.807) is 48.5 Å². The van der Waals surface area contributed by atoms with Crippen LogP contribution in [0, 0.1) is 11.3 Å². The summed E-state index contributed by atoms with van der Waals surface area (Å²) in [5.74, 6) is -1.40. The first-order valence-electron chi connectivity index (χ1n) is 9.27. The van der Waals surface area contributed by atoms with E-state index in [2.05, 4.69) is 4.72 Å². The number of esters is 1. The topological polar surface area (TPSA) is 117 Å². The first-order chi connectivity index (χ1) is 14.3. The van der Waals surface area contributed by atoms with E-state index >= 15 is 0 Å². The Hall–Kier alpha value is -3.22. The van der Waals surface area contributed by atoms with Gasteiger partial charge >= 0.3 is 5.97 Å². The lowest BCUT2D eigenvalue weighted by molar-refractivity contribution is -0.155. The molecule has 0 saturated carbocycles. The highest BCUT2D eigenvalue weighted by atomic mass is 32.2. The van der Waals surface area contributed by atoms with E-state index in [0.717, 1.165) is 0 Å². The number of carbonyl (C=O) groups is 2. The number of anilines is 1. The molecule has 2 aromatic rings. The SMILES string of the molecule is CC(NS(=O)(=O)c1ccccc1)C(=O)OC(C)C(=O)N(CCC#N)c1ccccc1. The quantitative estimate of drug-likeness (QED) is 0.611. The second-order valence-electron chi connectivity index (χ2n) is 6.47. The Labute approximate surface area is 176 Å². The number of para-hydroxylation sites is 1. The van der Waals surface area contributed by atoms with Crippen molar-refractivity contribution in [2.24, 2.45) is 0 Å². The number of hydrogen-bond acceptors (Lipinski definition) is 6. The van der Waals surface area contributed by atoms with Crippen LogP contribution in [0.1, 0.15) is 20.3 Å². The number of benzene rings is 2. The second-order valence-corrected chi connectivity index (χ2v) is 8.18. The van der Waals surface area contributed by atoms with Crippen LogP contribution in [0.25, 0.3) is 0 Å². The summed E-state index contributed by atoms with van der Waals surface area (Å²) < 4.78 is 32.1. The van der Waals surface area contributed by atoms with Crippen LogP contribution < -0.4 is 9.62 Å². The third kappa shape index (κ3) is 6.14. The number of ether oxygens (including phenoxy) is 1. The minimum absolute atomic E-state index is 0.0144. The smallest absolute Gasteiger partial charge is 0.324 e. The molecular formula is C21H23N3O5S. The highest BCUT2D eigenvalue weighted by molar-refractivity contribution is 7.89. The number of hydrogen-bond donors (Lipinski definition) is 1. The molecule has 0 fully saturated rings. The normalized spacial score (nSPS) is 13.0. The van der Waals surface area contributed by atoms with Crippen LogP contribution in [-0.2, 0) is 24.3 Å². The molecule has 0 heterocycles. The van der Waals surface area contributed by atoms with Gasteiger partial charge in [0.15, 0.2) is 6.10 Å². The first-order valence-corrected chi connectivity index (χ1v) is 10.8. The Kier molecular flexibility index (Phi) is 8.09. The fourth-order valence-corrected chi connectivity index (χ4v) is 3.84. The van der Waals surface area contributed by atoms with Crippen LogP contribution >= 0.6 is 0 Å². The molecule has 2 atom stereocenters. The molecule has 0 radical (unpaired) electrons. The van der Waals surface area contributed by atoms with Gasteiger partial charge in [0.1, 0.15) is 6.04 Å². The molecule has 1 N–H and O–H groups in total. The van der Waals surface area contributed by atoms with Crippen LogP contribution in [0.4, 0.5) is 5.69 Å². The predicted octanol–water partition coefficient (Wildman–Crippen LogP) is 2.23. The van der Waals surface area contributed by atoms with Gasteiger partial charge in [-0.1, -0.05) is 36.4 Å². The maximum absolute atomic E-state index is 12.8. The molecule has 30 heavy (non-hydrogen) atoms. The van der Waals surface area contributed by atoms with Crippen LogP contribution in [-0.4, -0.2) is 39.0 Å². The molecule has 0 bridgehead atoms. The first kappa shape index (κ1) is 23.1. The number of amides is 1. The molecule has 9 heteroatoms. The van der Waals surface area contributed by atoms with Crippen molar-refractivity contribution in [2.45, 2.75) is 37.3 Å². The van der Waals surface area contributed by atoms with E-state index in [1.165, 1.54) is 30.9 Å². The van der Waals surface area contributed by atoms with E-state index in [-0.39, 0.29) is 17.9 Å². The Bertz CT molecular complexity index is 1000. The maximum Gasteiger partial charge on any atom is 0.324 e. The summed E-state index contributed by atoms with van der Waals surface area (Å²) in [5.41, 5.74) is 0.568. The number of nitriles is 1. The maximum atomic E-state index is 12.8. The summed E-state index contributed by atoms with van der Waals surface area (Å²) in [5, 5.41) is 8.86. The summed E-state index contributed by atoms with van der Waals surface area (Å²) in [7, 11) is -3.91. The minimum atomic E-state index is -3.91. The van der Waals surface area contributed by atoms with Gasteiger partial charge in [-0.25, -0.2) is 8.42 Å². The molecule has 0 spiro atoms. The van der Waals surface area contributed by atoms with Crippen LogP contribution in [0.15, 0.2) is 65.6 Å². The van der Waals surface area contributed by atoms with Gasteiger partial charge in [0, 0.05) is 12.2 Å². The average Bonchev–Trinajstić information content (AvgIpc) is 2.74. The lowest BCUT2D eigenvalue weighted by atomic mass is 10.2. The third-order valence-corrected chi connectivity index (χ3v) is 5.72. The van der Waals surface area contributed by atoms with Gasteiger partial charge < -0.3 is 9.64 Å². The zero-order valence-corrected chi connectivity index (χ0v) is 17.5. The van der Waals surface area contributed by atoms with Gasteiger partial charge in [0.05, 0.1) is 17.4 Å². The average molecular weight is 429 g/mol. The zero-order chi connectivity index (χ0) is 22.1. The molecule has 0 aliphatic carbocycles. The Morgan fingerprint density at radius 1 is 1.07 bits per heavy atom. The van der Waals surface area contributed by atoms with Crippen molar-refractivity contribution >= 4 is 27.6 Å². The molecular weight excluding hydrogens is 406 g/mol. The summed E-state index contributed by atoms with van der Waals surface area (Å²) in [6.45, 7) is 2.88. The number of nitrogens with one attached hydrogen (secondary N) is 1. The fourth-order valence-electron chi connectivity index (χ4n) is 2.63. The molecule has 2 unspecified atom stereocenters. The van der Waals surface area contributed by atoms with Crippen molar-refractivity contribution in [1.29, 1.82) is 5.26 Å². The zero-order valence-electron chi connectivity index (χ0n) is 16.7. The molecule has 0 aliphatic heterocycles. The lowest BCUT2D eigenvalue weighted by Crippen LogP contribution is -2.45. The number of carbonyl (C=O) groups excluding carboxylic acids is 2. The number of rotatable bonds is 9. The molecule has 2 rings (SSSR count). The van der Waals surface area contributed by atoms with E-state index in [9.17, 15) is 18.0 Å². The Morgan fingerprint density at radius 2 is 1.63 bits per heavy atom. The van der Waals surface area contributed by atoms with Gasteiger partial charge in [-0.15, -0.1) is 0 Å². The number of nitrogens with zero attached hydrogens (tertiary/aromatic N) is 2. The highest BCUT2D eigenvalue weighted by Gasteiger charge is 2.29. The van der Waals surface area contributed by atoms with Gasteiger partial charge in [0.25, 0.3) is 5.91 Å². The van der Waals surface area contributed by atoms with Gasteiger partial charge in [-0.05, 0) is 38.1 Å². The van der Waals surface area contributed by atoms with Crippen molar-refractivity contribution in [3.8, 4) is 6.07 Å². The Balaban J connectivity index is 2.05. The highest BCUT2D eigenvalue weighted by Crippen LogP contribution is 2.16. The molecule has 8 nitrogen and oxygen atoms in total. The van der Waals surface area contributed by atoms with Crippen molar-refractivity contribution in [1.82, 2.24) is 4.72 Å². The van der Waals surface area contributed by atoms with E-state index < -0.39 is 34.0 Å². The molecule has 1 amide bonds. The summed E-state index contributed by atoms with van der Waals surface area (Å²) >= 11 is 0. The monoisotopic (exact) mass is 429 g/mol. The molecule has 0 aliphatic rings. The van der Waals surface area contributed by atoms with Crippen molar-refractivity contribution in [2.75, 3.05) is 11.4 Å². The fraction of sp³-hybridized carbons (Fsp3) is 0.286. The van der Waals surface area contributed by atoms with Gasteiger partial charge in [-0.3, -0.25) is 9.59 Å². The van der Waals surface area contributed by atoms with E-state index in [0.29, 0.717) is 5.69 Å². The predicted molar refractivity (Wildman–Crippen MR) is 111 cm³/mol. The standard InChI is InChI=1S/C21H23N3O5S/c1-16(23-30(27,28)19-12-7-4-8-13-19)21(26)29-17(2)20(25)24(15-9-14-22)18-10-5-3-6-11-18/h3-8,10-13,16-17,23H,9,15H2,1-2H3. The lowest BCUT2D eigenvalue weighted by Gasteiger charge is -2.25. The molecule has 0 saturated heterocycles. The van der Waals surface area contributed by atoms with Crippen molar-refractivity contribution in [3.63, 3.8) is 0 Å². The largest absolute Gasteiger partial charge is 0.451 e. The summed E-state index contributed by atoms with van der Waals surface area (Å²) in [6.07, 6.45) is -1.06. The van der Waals surface area contributed by atoms with Crippen LogP contribution in [0.5, 0.6) is 0 Å². The summed E-state index contributed by atoms with van der Waals surface area (Å²) in [4.78, 5) is 26.6. The van der Waals surface area contributed by atoms with E-state index in [4.69, 9.17) is 10.00 Å². The van der Waals surface area contributed by atoms with Crippen LogP contribution in [0.2, 0.25) is 0 Å². The van der Waals surface area contributed by atoms with Gasteiger partial charge in [-0.2, -0.15) is 9.98 Å². The number of sulfonamides is 1. The van der Waals surface area contributed by atoms with Crippen molar-refractivity contribution in [3.05, 3.63) is 60.7 Å². The molecule has 0 aromatic heterocycles. The third-order valence-electron chi connectivity index (χ3n) is 4.16. The van der Waals surface area contributed by atoms with Gasteiger partial charge in [0.2, 0.25) is 10.0 Å². The minimum Gasteiger partial charge on any atom is -0.451 e. The molecule has 2 aromatic carbocycles. The Morgan fingerprint density at radius 3 is 2.20 bits per heavy atom. The van der Waals surface area contributed by atoms with E-state index in [1.807, 2.05) is 6.07 Å². The molecule has 158 valence electrons.